The second-order valence-corrected chi connectivity index (χ2v) is 2.54. The summed E-state index contributed by atoms with van der Waals surface area (Å²) in [4.78, 5) is -1.13. The predicted octanol–water partition coefficient (Wildman–Crippen LogP) is 1.96. The van der Waals surface area contributed by atoms with Gasteiger partial charge in [-0.1, -0.05) is 24.8 Å². The molecule has 1 rings (SSSR count). The van der Waals surface area contributed by atoms with Crippen LogP contribution in [0.1, 0.15) is 0 Å². The fraction of sp³-hybridized carbons (Fsp3) is 0.111. The monoisotopic (exact) mass is 166 g/mol. The third-order valence-corrected chi connectivity index (χ3v) is 1.55. The van der Waals surface area contributed by atoms with Crippen molar-refractivity contribution in [3.8, 4) is 0 Å². The molecule has 0 amide bonds. The SMILES string of the molecule is C=CC[N+](O)(O)c1ccccc1. The first kappa shape index (κ1) is 8.93. The summed E-state index contributed by atoms with van der Waals surface area (Å²) in [7, 11) is 0. The van der Waals surface area contributed by atoms with E-state index in [0.717, 1.165) is 0 Å². The molecule has 0 fully saturated rings. The first-order valence-electron chi connectivity index (χ1n) is 3.67. The molecule has 3 heteroatoms. The van der Waals surface area contributed by atoms with Gasteiger partial charge in [0, 0.05) is 12.1 Å². The molecule has 0 unspecified atom stereocenters. The molecule has 0 atom stereocenters. The maximum absolute atomic E-state index is 9.41. The summed E-state index contributed by atoms with van der Waals surface area (Å²) in [6.45, 7) is 3.51. The predicted molar refractivity (Wildman–Crippen MR) is 46.9 cm³/mol. The highest BCUT2D eigenvalue weighted by atomic mass is 16.8. The largest absolute Gasteiger partial charge is 0.199 e. The molecule has 1 aromatic carbocycles. The molecular formula is C9H12NO2+. The molecule has 0 saturated carbocycles. The molecule has 0 radical (unpaired) electrons. The fourth-order valence-corrected chi connectivity index (χ4v) is 0.952. The van der Waals surface area contributed by atoms with E-state index in [4.69, 9.17) is 0 Å². The maximum Gasteiger partial charge on any atom is 0.199 e. The molecule has 0 aliphatic rings. The Labute approximate surface area is 71.3 Å². The third kappa shape index (κ3) is 1.92. The third-order valence-electron chi connectivity index (χ3n) is 1.55. The van der Waals surface area contributed by atoms with Gasteiger partial charge in [0.25, 0.3) is 0 Å². The molecule has 0 saturated heterocycles. The van der Waals surface area contributed by atoms with Crippen LogP contribution in [-0.2, 0) is 0 Å². The van der Waals surface area contributed by atoms with Gasteiger partial charge in [0.15, 0.2) is 12.2 Å². The van der Waals surface area contributed by atoms with Crippen molar-refractivity contribution in [1.29, 1.82) is 0 Å². The molecule has 0 heterocycles. The summed E-state index contributed by atoms with van der Waals surface area (Å²) in [5, 5.41) is 18.8. The molecule has 0 bridgehead atoms. The topological polar surface area (TPSA) is 40.5 Å². The van der Waals surface area contributed by atoms with E-state index in [2.05, 4.69) is 6.58 Å². The Kier molecular flexibility index (Phi) is 2.60. The number of para-hydroxylation sites is 1. The Bertz CT molecular complexity index is 256. The van der Waals surface area contributed by atoms with Gasteiger partial charge in [-0.2, -0.15) is 10.4 Å². The quantitative estimate of drug-likeness (QED) is 0.409. The van der Waals surface area contributed by atoms with Crippen molar-refractivity contribution in [2.45, 2.75) is 0 Å². The number of quaternary nitrogens is 1. The van der Waals surface area contributed by atoms with E-state index in [9.17, 15) is 10.4 Å². The Morgan fingerprint density at radius 3 is 2.33 bits per heavy atom. The van der Waals surface area contributed by atoms with Crippen LogP contribution in [0.5, 0.6) is 0 Å². The molecule has 0 spiro atoms. The Morgan fingerprint density at radius 2 is 1.83 bits per heavy atom. The zero-order chi connectivity index (χ0) is 9.03. The van der Waals surface area contributed by atoms with E-state index in [1.807, 2.05) is 6.07 Å². The molecular weight excluding hydrogens is 154 g/mol. The van der Waals surface area contributed by atoms with Gasteiger partial charge in [-0.15, -0.1) is 0 Å². The fourth-order valence-electron chi connectivity index (χ4n) is 0.952. The summed E-state index contributed by atoms with van der Waals surface area (Å²) in [6.07, 6.45) is 1.45. The molecule has 64 valence electrons. The molecule has 1 aromatic rings. The van der Waals surface area contributed by atoms with Crippen LogP contribution in [0.4, 0.5) is 5.69 Å². The molecule has 0 aliphatic carbocycles. The standard InChI is InChI=1S/C9H12NO2/c1-2-8-10(11,12)9-6-4-3-5-7-9/h2-7,11-12H,1,8H2/q+1. The van der Waals surface area contributed by atoms with Crippen LogP contribution in [-0.4, -0.2) is 17.0 Å². The van der Waals surface area contributed by atoms with Crippen molar-refractivity contribution in [1.82, 2.24) is 4.81 Å². The minimum absolute atomic E-state index is 0.0734. The highest BCUT2D eigenvalue weighted by molar-refractivity contribution is 5.38. The zero-order valence-electron chi connectivity index (χ0n) is 6.72. The van der Waals surface area contributed by atoms with Crippen LogP contribution in [0.15, 0.2) is 43.0 Å². The van der Waals surface area contributed by atoms with Gasteiger partial charge < -0.3 is 0 Å². The van der Waals surface area contributed by atoms with E-state index in [-0.39, 0.29) is 6.54 Å². The highest BCUT2D eigenvalue weighted by Gasteiger charge is 2.23. The van der Waals surface area contributed by atoms with Crippen LogP contribution in [0.25, 0.3) is 0 Å². The van der Waals surface area contributed by atoms with Gasteiger partial charge >= 0.3 is 0 Å². The summed E-state index contributed by atoms with van der Waals surface area (Å²) < 4.78 is 0. The van der Waals surface area contributed by atoms with Crippen molar-refractivity contribution in [2.75, 3.05) is 6.54 Å². The highest BCUT2D eigenvalue weighted by Crippen LogP contribution is 2.16. The van der Waals surface area contributed by atoms with Gasteiger partial charge in [-0.05, 0) is 10.9 Å². The first-order valence-corrected chi connectivity index (χ1v) is 3.67. The average Bonchev–Trinajstić information content (AvgIpc) is 2.06. The Hall–Kier alpha value is -1.16. The number of rotatable bonds is 3. The van der Waals surface area contributed by atoms with E-state index in [1.54, 1.807) is 24.3 Å². The van der Waals surface area contributed by atoms with Crippen LogP contribution in [0.2, 0.25) is 0 Å². The van der Waals surface area contributed by atoms with Crippen molar-refractivity contribution < 1.29 is 10.4 Å². The lowest BCUT2D eigenvalue weighted by molar-refractivity contribution is -0.283. The molecule has 3 nitrogen and oxygen atoms in total. The Balaban J connectivity index is 2.89. The number of benzene rings is 1. The van der Waals surface area contributed by atoms with Crippen molar-refractivity contribution in [3.63, 3.8) is 0 Å². The molecule has 12 heavy (non-hydrogen) atoms. The number of hydrogen-bond acceptors (Lipinski definition) is 2. The lowest BCUT2D eigenvalue weighted by atomic mass is 10.3. The van der Waals surface area contributed by atoms with Crippen LogP contribution < -0.4 is 4.81 Å². The van der Waals surface area contributed by atoms with Crippen molar-refractivity contribution in [3.05, 3.63) is 43.0 Å². The molecule has 0 aromatic heterocycles. The number of hydroxylamine groups is 2. The summed E-state index contributed by atoms with van der Waals surface area (Å²) in [5.74, 6) is 0. The number of hydrogen-bond donors (Lipinski definition) is 2. The van der Waals surface area contributed by atoms with Crippen LogP contribution in [0.3, 0.4) is 0 Å². The zero-order valence-corrected chi connectivity index (χ0v) is 6.72. The Morgan fingerprint density at radius 1 is 1.25 bits per heavy atom. The molecule has 0 aliphatic heterocycles. The van der Waals surface area contributed by atoms with E-state index in [1.165, 1.54) is 6.08 Å². The maximum atomic E-state index is 9.41. The number of nitrogens with zero attached hydrogens (tertiary/aromatic N) is 1. The van der Waals surface area contributed by atoms with E-state index in [0.29, 0.717) is 5.69 Å². The summed E-state index contributed by atoms with van der Waals surface area (Å²) in [5.41, 5.74) is 0.428. The summed E-state index contributed by atoms with van der Waals surface area (Å²) in [6, 6.07) is 8.60. The minimum Gasteiger partial charge on any atom is -0.176 e. The second kappa shape index (κ2) is 3.49. The average molecular weight is 166 g/mol. The second-order valence-electron chi connectivity index (χ2n) is 2.54. The van der Waals surface area contributed by atoms with Crippen LogP contribution in [0, 0.1) is 0 Å². The summed E-state index contributed by atoms with van der Waals surface area (Å²) >= 11 is 0. The van der Waals surface area contributed by atoms with Gasteiger partial charge in [0.2, 0.25) is 0 Å². The van der Waals surface area contributed by atoms with Gasteiger partial charge in [0.1, 0.15) is 0 Å². The smallest absolute Gasteiger partial charge is 0.176 e. The van der Waals surface area contributed by atoms with Gasteiger partial charge in [-0.25, -0.2) is 0 Å². The van der Waals surface area contributed by atoms with Gasteiger partial charge in [-0.3, -0.25) is 0 Å². The normalized spacial score (nSPS) is 11.2. The molecule has 2 N–H and O–H groups in total. The lowest BCUT2D eigenvalue weighted by Gasteiger charge is -2.18. The lowest BCUT2D eigenvalue weighted by Crippen LogP contribution is -2.42. The van der Waals surface area contributed by atoms with E-state index < -0.39 is 4.81 Å². The van der Waals surface area contributed by atoms with Crippen molar-refractivity contribution >= 4 is 5.69 Å². The minimum atomic E-state index is -1.13. The van der Waals surface area contributed by atoms with Crippen molar-refractivity contribution in [2.24, 2.45) is 0 Å². The first-order chi connectivity index (χ1) is 5.67. The van der Waals surface area contributed by atoms with E-state index >= 15 is 0 Å². The van der Waals surface area contributed by atoms with Gasteiger partial charge in [0.05, 0.1) is 0 Å². The van der Waals surface area contributed by atoms with Crippen LogP contribution >= 0.6 is 0 Å².